The summed E-state index contributed by atoms with van der Waals surface area (Å²) in [6.07, 6.45) is 1.10. The molecule has 33 heavy (non-hydrogen) atoms. The van der Waals surface area contributed by atoms with Gasteiger partial charge in [-0.3, -0.25) is 0 Å². The van der Waals surface area contributed by atoms with Crippen molar-refractivity contribution >= 4 is 11.6 Å². The highest BCUT2D eigenvalue weighted by Gasteiger charge is 2.29. The van der Waals surface area contributed by atoms with Crippen molar-refractivity contribution in [1.29, 1.82) is 0 Å². The fourth-order valence-electron chi connectivity index (χ4n) is 5.52. The van der Waals surface area contributed by atoms with Crippen LogP contribution in [0.5, 0.6) is 0 Å². The molecule has 0 aromatic heterocycles. The van der Waals surface area contributed by atoms with Gasteiger partial charge in [-0.2, -0.15) is 0 Å². The number of rotatable bonds is 3. The van der Waals surface area contributed by atoms with Gasteiger partial charge in [0.05, 0.1) is 12.1 Å². The van der Waals surface area contributed by atoms with Crippen LogP contribution in [0.15, 0.2) is 97.1 Å². The molecule has 3 atom stereocenters. The minimum absolute atomic E-state index is 0.192. The molecular weight excluding hydrogens is 424 g/mol. The Kier molecular flexibility index (Phi) is 5.51. The van der Waals surface area contributed by atoms with Gasteiger partial charge in [-0.15, -0.1) is 0 Å². The highest BCUT2D eigenvalue weighted by molar-refractivity contribution is 6.30. The molecular formula is C30H27ClN2. The molecule has 2 aliphatic heterocycles. The molecule has 164 valence electrons. The highest BCUT2D eigenvalue weighted by atomic mass is 35.5. The van der Waals surface area contributed by atoms with Crippen LogP contribution in [0.3, 0.4) is 0 Å². The van der Waals surface area contributed by atoms with E-state index in [0.29, 0.717) is 5.92 Å². The molecule has 4 aromatic rings. The fourth-order valence-corrected chi connectivity index (χ4v) is 5.65. The van der Waals surface area contributed by atoms with Crippen molar-refractivity contribution in [2.45, 2.75) is 24.4 Å². The van der Waals surface area contributed by atoms with Crippen LogP contribution in [0.1, 0.15) is 56.9 Å². The van der Waals surface area contributed by atoms with E-state index in [1.54, 1.807) is 0 Å². The zero-order valence-electron chi connectivity index (χ0n) is 18.5. The van der Waals surface area contributed by atoms with Gasteiger partial charge < -0.3 is 10.6 Å². The second kappa shape index (κ2) is 8.79. The van der Waals surface area contributed by atoms with Gasteiger partial charge in [-0.1, -0.05) is 96.5 Å². The molecule has 2 nitrogen and oxygen atoms in total. The van der Waals surface area contributed by atoms with Crippen LogP contribution in [0, 0.1) is 0 Å². The lowest BCUT2D eigenvalue weighted by Gasteiger charge is -2.34. The first-order valence-corrected chi connectivity index (χ1v) is 12.1. The first-order chi connectivity index (χ1) is 16.3. The summed E-state index contributed by atoms with van der Waals surface area (Å²) in [5.74, 6) is 0.338. The van der Waals surface area contributed by atoms with Crippen LogP contribution in [-0.2, 0) is 6.42 Å². The van der Waals surface area contributed by atoms with E-state index in [1.807, 2.05) is 12.1 Å². The molecule has 0 bridgehead atoms. The number of fused-ring (bicyclic) bond motifs is 2. The molecule has 0 fully saturated rings. The maximum absolute atomic E-state index is 6.13. The van der Waals surface area contributed by atoms with Crippen molar-refractivity contribution in [3.63, 3.8) is 0 Å². The lowest BCUT2D eigenvalue weighted by atomic mass is 9.80. The zero-order chi connectivity index (χ0) is 22.2. The summed E-state index contributed by atoms with van der Waals surface area (Å²) in [6.45, 7) is 1.93. The van der Waals surface area contributed by atoms with Crippen LogP contribution in [-0.4, -0.2) is 13.1 Å². The van der Waals surface area contributed by atoms with Gasteiger partial charge in [0.2, 0.25) is 0 Å². The zero-order valence-corrected chi connectivity index (χ0v) is 19.2. The minimum Gasteiger partial charge on any atom is -0.306 e. The van der Waals surface area contributed by atoms with E-state index in [-0.39, 0.29) is 12.1 Å². The van der Waals surface area contributed by atoms with Crippen molar-refractivity contribution in [3.8, 4) is 0 Å². The summed E-state index contributed by atoms with van der Waals surface area (Å²) in [5.41, 5.74) is 9.58. The summed E-state index contributed by atoms with van der Waals surface area (Å²) in [4.78, 5) is 0. The Balaban J connectivity index is 1.31. The highest BCUT2D eigenvalue weighted by Crippen LogP contribution is 2.38. The Morgan fingerprint density at radius 2 is 1.15 bits per heavy atom. The smallest absolute Gasteiger partial charge is 0.0579 e. The number of nitrogens with one attached hydrogen (secondary N) is 2. The second-order valence-corrected chi connectivity index (χ2v) is 9.51. The van der Waals surface area contributed by atoms with Crippen molar-refractivity contribution in [3.05, 3.63) is 141 Å². The molecule has 3 heteroatoms. The normalized spacial score (nSPS) is 21.8. The molecule has 4 aromatic carbocycles. The van der Waals surface area contributed by atoms with Gasteiger partial charge in [0, 0.05) is 24.0 Å². The van der Waals surface area contributed by atoms with Gasteiger partial charge in [-0.25, -0.2) is 0 Å². The SMILES string of the molecule is Clc1ccc([C@@H]2NCC(c3ccc([C@@H]4NCCc5ccccc54)cc3)c3ccccc32)cc1. The third-order valence-electron chi connectivity index (χ3n) is 7.19. The Bertz CT molecular complexity index is 1260. The van der Waals surface area contributed by atoms with E-state index in [1.165, 1.54) is 38.9 Å². The maximum atomic E-state index is 6.13. The summed E-state index contributed by atoms with van der Waals surface area (Å²) < 4.78 is 0. The summed E-state index contributed by atoms with van der Waals surface area (Å²) >= 11 is 6.13. The third kappa shape index (κ3) is 3.89. The molecule has 2 N–H and O–H groups in total. The van der Waals surface area contributed by atoms with Crippen molar-refractivity contribution in [1.82, 2.24) is 10.6 Å². The van der Waals surface area contributed by atoms with Crippen molar-refractivity contribution in [2.24, 2.45) is 0 Å². The standard InChI is InChI=1S/C30H27ClN2/c31-24-15-13-23(14-16-24)30-27-8-4-3-7-26(27)28(19-33-30)21-9-11-22(12-10-21)29-25-6-2-1-5-20(25)17-18-32-29/h1-16,28-30,32-33H,17-19H2/t28?,29-,30-/m0/s1. The summed E-state index contributed by atoms with van der Waals surface area (Å²) in [7, 11) is 0. The van der Waals surface area contributed by atoms with E-state index in [0.717, 1.165) is 24.5 Å². The lowest BCUT2D eigenvalue weighted by molar-refractivity contribution is 0.530. The summed E-state index contributed by atoms with van der Waals surface area (Å²) in [6, 6.07) is 35.6. The van der Waals surface area contributed by atoms with Gasteiger partial charge in [0.15, 0.2) is 0 Å². The number of hydrogen-bond acceptors (Lipinski definition) is 2. The molecule has 2 aliphatic rings. The molecule has 0 amide bonds. The van der Waals surface area contributed by atoms with E-state index in [4.69, 9.17) is 11.6 Å². The van der Waals surface area contributed by atoms with Gasteiger partial charge >= 0.3 is 0 Å². The Morgan fingerprint density at radius 1 is 0.576 bits per heavy atom. The van der Waals surface area contributed by atoms with E-state index in [2.05, 4.69) is 95.6 Å². The first-order valence-electron chi connectivity index (χ1n) is 11.8. The Labute approximate surface area is 200 Å². The predicted molar refractivity (Wildman–Crippen MR) is 136 cm³/mol. The molecule has 1 unspecified atom stereocenters. The quantitative estimate of drug-likeness (QED) is 0.377. The van der Waals surface area contributed by atoms with E-state index in [9.17, 15) is 0 Å². The van der Waals surface area contributed by atoms with Crippen molar-refractivity contribution < 1.29 is 0 Å². The van der Waals surface area contributed by atoms with E-state index >= 15 is 0 Å². The first kappa shape index (κ1) is 20.7. The van der Waals surface area contributed by atoms with Crippen LogP contribution < -0.4 is 10.6 Å². The molecule has 0 radical (unpaired) electrons. The molecule has 0 saturated heterocycles. The average molecular weight is 451 g/mol. The number of halogens is 1. The van der Waals surface area contributed by atoms with E-state index < -0.39 is 0 Å². The minimum atomic E-state index is 0.192. The molecule has 0 aliphatic carbocycles. The monoisotopic (exact) mass is 450 g/mol. The predicted octanol–water partition coefficient (Wildman–Crippen LogP) is 6.40. The van der Waals surface area contributed by atoms with Gasteiger partial charge in [0.25, 0.3) is 0 Å². The van der Waals surface area contributed by atoms with Gasteiger partial charge in [0.1, 0.15) is 0 Å². The van der Waals surface area contributed by atoms with Crippen molar-refractivity contribution in [2.75, 3.05) is 13.1 Å². The molecule has 0 saturated carbocycles. The van der Waals surface area contributed by atoms with Crippen LogP contribution in [0.25, 0.3) is 0 Å². The third-order valence-corrected chi connectivity index (χ3v) is 7.44. The molecule has 6 rings (SSSR count). The fraction of sp³-hybridized carbons (Fsp3) is 0.200. The Morgan fingerprint density at radius 3 is 1.91 bits per heavy atom. The lowest BCUT2D eigenvalue weighted by Crippen LogP contribution is -2.34. The maximum Gasteiger partial charge on any atom is 0.0579 e. The van der Waals surface area contributed by atoms with Crippen LogP contribution in [0.2, 0.25) is 5.02 Å². The second-order valence-electron chi connectivity index (χ2n) is 9.08. The topological polar surface area (TPSA) is 24.1 Å². The van der Waals surface area contributed by atoms with Gasteiger partial charge in [-0.05, 0) is 57.5 Å². The molecule has 0 spiro atoms. The van der Waals surface area contributed by atoms with Crippen LogP contribution >= 0.6 is 11.6 Å². The largest absolute Gasteiger partial charge is 0.306 e. The summed E-state index contributed by atoms with van der Waals surface area (Å²) in [5, 5.41) is 8.28. The Hall–Kier alpha value is -2.91. The number of benzene rings is 4. The van der Waals surface area contributed by atoms with Crippen LogP contribution in [0.4, 0.5) is 0 Å². The molecule has 2 heterocycles. The average Bonchev–Trinajstić information content (AvgIpc) is 2.88. The number of hydrogen-bond donors (Lipinski definition) is 2.